The van der Waals surface area contributed by atoms with Gasteiger partial charge in [-0.1, -0.05) is 41.9 Å². The van der Waals surface area contributed by atoms with E-state index in [2.05, 4.69) is 5.10 Å². The van der Waals surface area contributed by atoms with Crippen LogP contribution in [0, 0.1) is 0 Å². The van der Waals surface area contributed by atoms with Crippen LogP contribution in [0.1, 0.15) is 12.5 Å². The predicted octanol–water partition coefficient (Wildman–Crippen LogP) is 4.58. The number of rotatable bonds is 6. The molecule has 0 spiro atoms. The SMILES string of the molecule is CCOc1cnn(-c2ccccc2)c(=O)c1SCc1ccc(Cl)cc1. The van der Waals surface area contributed by atoms with Crippen LogP contribution in [-0.4, -0.2) is 16.4 Å². The molecule has 4 nitrogen and oxygen atoms in total. The molecule has 1 heterocycles. The number of thioether (sulfide) groups is 1. The molecule has 0 aliphatic rings. The lowest BCUT2D eigenvalue weighted by Crippen LogP contribution is -2.23. The molecule has 0 aliphatic carbocycles. The van der Waals surface area contributed by atoms with Crippen molar-refractivity contribution in [1.29, 1.82) is 0 Å². The lowest BCUT2D eigenvalue weighted by molar-refractivity contribution is 0.327. The zero-order valence-corrected chi connectivity index (χ0v) is 15.3. The van der Waals surface area contributed by atoms with Gasteiger partial charge in [-0.2, -0.15) is 9.78 Å². The summed E-state index contributed by atoms with van der Waals surface area (Å²) in [7, 11) is 0. The Kier molecular flexibility index (Phi) is 5.79. The Bertz CT molecular complexity index is 896. The van der Waals surface area contributed by atoms with Gasteiger partial charge in [-0.15, -0.1) is 11.8 Å². The number of benzene rings is 2. The van der Waals surface area contributed by atoms with Crippen LogP contribution < -0.4 is 10.3 Å². The number of hydrogen-bond acceptors (Lipinski definition) is 4. The number of aromatic nitrogens is 2. The zero-order chi connectivity index (χ0) is 17.6. The molecule has 0 fully saturated rings. The highest BCUT2D eigenvalue weighted by atomic mass is 35.5. The molecule has 0 amide bonds. The third-order valence-electron chi connectivity index (χ3n) is 3.50. The Labute approximate surface area is 155 Å². The van der Waals surface area contributed by atoms with E-state index in [4.69, 9.17) is 16.3 Å². The summed E-state index contributed by atoms with van der Waals surface area (Å²) < 4.78 is 6.99. The molecule has 3 rings (SSSR count). The van der Waals surface area contributed by atoms with E-state index in [9.17, 15) is 4.79 Å². The summed E-state index contributed by atoms with van der Waals surface area (Å²) >= 11 is 7.36. The lowest BCUT2D eigenvalue weighted by atomic mass is 10.2. The molecular weight excluding hydrogens is 356 g/mol. The third kappa shape index (κ3) is 4.24. The van der Waals surface area contributed by atoms with E-state index in [0.717, 1.165) is 11.3 Å². The minimum Gasteiger partial charge on any atom is -0.491 e. The molecule has 0 bridgehead atoms. The summed E-state index contributed by atoms with van der Waals surface area (Å²) in [5, 5.41) is 4.94. The molecule has 1 aromatic heterocycles. The van der Waals surface area contributed by atoms with Crippen LogP contribution >= 0.6 is 23.4 Å². The van der Waals surface area contributed by atoms with Crippen molar-refractivity contribution in [2.75, 3.05) is 6.61 Å². The molecular formula is C19H17ClN2O2S. The smallest absolute Gasteiger partial charge is 0.288 e. The van der Waals surface area contributed by atoms with Gasteiger partial charge < -0.3 is 4.74 Å². The highest BCUT2D eigenvalue weighted by Crippen LogP contribution is 2.28. The van der Waals surface area contributed by atoms with Gasteiger partial charge >= 0.3 is 0 Å². The predicted molar refractivity (Wildman–Crippen MR) is 102 cm³/mol. The summed E-state index contributed by atoms with van der Waals surface area (Å²) in [6.07, 6.45) is 1.60. The van der Waals surface area contributed by atoms with E-state index in [1.165, 1.54) is 16.4 Å². The van der Waals surface area contributed by atoms with E-state index in [0.29, 0.717) is 28.0 Å². The Morgan fingerprint density at radius 2 is 1.84 bits per heavy atom. The van der Waals surface area contributed by atoms with Crippen LogP contribution in [0.2, 0.25) is 5.02 Å². The van der Waals surface area contributed by atoms with E-state index < -0.39 is 0 Å². The van der Waals surface area contributed by atoms with Gasteiger partial charge in [0.2, 0.25) is 0 Å². The molecule has 128 valence electrons. The van der Waals surface area contributed by atoms with Crippen molar-refractivity contribution in [2.45, 2.75) is 17.6 Å². The lowest BCUT2D eigenvalue weighted by Gasteiger charge is -2.12. The van der Waals surface area contributed by atoms with Crippen LogP contribution in [-0.2, 0) is 5.75 Å². The summed E-state index contributed by atoms with van der Waals surface area (Å²) in [4.78, 5) is 13.5. The van der Waals surface area contributed by atoms with Gasteiger partial charge in [0.25, 0.3) is 5.56 Å². The fourth-order valence-electron chi connectivity index (χ4n) is 2.30. The third-order valence-corrected chi connectivity index (χ3v) is 4.89. The van der Waals surface area contributed by atoms with Crippen molar-refractivity contribution in [1.82, 2.24) is 9.78 Å². The molecule has 0 saturated carbocycles. The average molecular weight is 373 g/mol. The summed E-state index contributed by atoms with van der Waals surface area (Å²) in [5.41, 5.74) is 1.62. The molecule has 0 aliphatic heterocycles. The first kappa shape index (κ1) is 17.6. The maximum absolute atomic E-state index is 12.9. The summed E-state index contributed by atoms with van der Waals surface area (Å²) in [5.74, 6) is 1.16. The first-order valence-corrected chi connectivity index (χ1v) is 9.23. The van der Waals surface area contributed by atoms with E-state index >= 15 is 0 Å². The van der Waals surface area contributed by atoms with Crippen molar-refractivity contribution in [3.8, 4) is 11.4 Å². The monoisotopic (exact) mass is 372 g/mol. The maximum Gasteiger partial charge on any atom is 0.288 e. The minimum absolute atomic E-state index is 0.184. The summed E-state index contributed by atoms with van der Waals surface area (Å²) in [6, 6.07) is 16.9. The van der Waals surface area contributed by atoms with E-state index in [1.807, 2.05) is 61.5 Å². The van der Waals surface area contributed by atoms with Gasteiger partial charge in [-0.05, 0) is 36.8 Å². The highest BCUT2D eigenvalue weighted by Gasteiger charge is 2.14. The van der Waals surface area contributed by atoms with Gasteiger partial charge in [0.05, 0.1) is 18.5 Å². The standard InChI is InChI=1S/C19H17ClN2O2S/c1-2-24-17-12-21-22(16-6-4-3-5-7-16)19(23)18(17)25-13-14-8-10-15(20)11-9-14/h3-12H,2,13H2,1H3. The molecule has 25 heavy (non-hydrogen) atoms. The van der Waals surface area contributed by atoms with Gasteiger partial charge in [-0.3, -0.25) is 4.79 Å². The van der Waals surface area contributed by atoms with Crippen LogP contribution in [0.5, 0.6) is 5.75 Å². The van der Waals surface area contributed by atoms with Crippen LogP contribution in [0.3, 0.4) is 0 Å². The minimum atomic E-state index is -0.184. The Morgan fingerprint density at radius 1 is 1.12 bits per heavy atom. The van der Waals surface area contributed by atoms with Crippen molar-refractivity contribution in [3.05, 3.63) is 81.7 Å². The molecule has 0 radical (unpaired) electrons. The number of nitrogens with zero attached hydrogens (tertiary/aromatic N) is 2. The van der Waals surface area contributed by atoms with Crippen molar-refractivity contribution in [2.24, 2.45) is 0 Å². The topological polar surface area (TPSA) is 44.1 Å². The molecule has 0 unspecified atom stereocenters. The second-order valence-electron chi connectivity index (χ2n) is 5.24. The van der Waals surface area contributed by atoms with Gasteiger partial charge in [0.15, 0.2) is 5.75 Å². The molecule has 0 N–H and O–H groups in total. The second kappa shape index (κ2) is 8.23. The Morgan fingerprint density at radius 3 is 2.52 bits per heavy atom. The number of ether oxygens (including phenoxy) is 1. The Balaban J connectivity index is 1.94. The fourth-order valence-corrected chi connectivity index (χ4v) is 3.40. The first-order chi connectivity index (χ1) is 12.2. The zero-order valence-electron chi connectivity index (χ0n) is 13.7. The van der Waals surface area contributed by atoms with Crippen LogP contribution in [0.15, 0.2) is 70.5 Å². The van der Waals surface area contributed by atoms with E-state index in [1.54, 1.807) is 6.20 Å². The molecule has 6 heteroatoms. The Hall–Kier alpha value is -2.24. The first-order valence-electron chi connectivity index (χ1n) is 7.87. The van der Waals surface area contributed by atoms with Gasteiger partial charge in [0, 0.05) is 10.8 Å². The van der Waals surface area contributed by atoms with Crippen molar-refractivity contribution < 1.29 is 4.74 Å². The quantitative estimate of drug-likeness (QED) is 0.594. The fraction of sp³-hybridized carbons (Fsp3) is 0.158. The van der Waals surface area contributed by atoms with Crippen molar-refractivity contribution in [3.63, 3.8) is 0 Å². The maximum atomic E-state index is 12.9. The molecule has 2 aromatic carbocycles. The molecule has 0 saturated heterocycles. The van der Waals surface area contributed by atoms with Gasteiger partial charge in [-0.25, -0.2) is 0 Å². The van der Waals surface area contributed by atoms with Gasteiger partial charge in [0.1, 0.15) is 4.90 Å². The van der Waals surface area contributed by atoms with E-state index in [-0.39, 0.29) is 5.56 Å². The number of halogens is 1. The van der Waals surface area contributed by atoms with Crippen molar-refractivity contribution >= 4 is 23.4 Å². The normalized spacial score (nSPS) is 10.6. The molecule has 0 atom stereocenters. The number of para-hydroxylation sites is 1. The second-order valence-corrected chi connectivity index (χ2v) is 6.66. The van der Waals surface area contributed by atoms with Crippen LogP contribution in [0.25, 0.3) is 5.69 Å². The average Bonchev–Trinajstić information content (AvgIpc) is 2.64. The highest BCUT2D eigenvalue weighted by molar-refractivity contribution is 7.98. The largest absolute Gasteiger partial charge is 0.491 e. The number of hydrogen-bond donors (Lipinski definition) is 0. The summed E-state index contributed by atoms with van der Waals surface area (Å²) in [6.45, 7) is 2.36. The molecule has 3 aromatic rings. The van der Waals surface area contributed by atoms with Crippen LogP contribution in [0.4, 0.5) is 0 Å².